The fraction of sp³-hybridized carbons (Fsp3) is 0.688. The average molecular weight is 277 g/mol. The molecule has 1 aliphatic rings. The van der Waals surface area contributed by atoms with Gasteiger partial charge in [-0.3, -0.25) is 9.88 Å². The van der Waals surface area contributed by atoms with Gasteiger partial charge in [-0.1, -0.05) is 13.8 Å². The van der Waals surface area contributed by atoms with Crippen molar-refractivity contribution < 1.29 is 4.74 Å². The minimum absolute atomic E-state index is 0.608. The SMILES string of the molecule is COc1cc(C)nc(CN2CCNCC2CC(C)C)c1. The largest absolute Gasteiger partial charge is 0.497 e. The molecule has 1 unspecified atom stereocenters. The highest BCUT2D eigenvalue weighted by atomic mass is 16.5. The van der Waals surface area contributed by atoms with E-state index in [0.717, 1.165) is 49.2 Å². The smallest absolute Gasteiger partial charge is 0.122 e. The van der Waals surface area contributed by atoms with Crippen molar-refractivity contribution in [3.63, 3.8) is 0 Å². The van der Waals surface area contributed by atoms with Gasteiger partial charge in [0, 0.05) is 50.0 Å². The zero-order chi connectivity index (χ0) is 14.5. The summed E-state index contributed by atoms with van der Waals surface area (Å²) >= 11 is 0. The van der Waals surface area contributed by atoms with Crippen molar-refractivity contribution in [1.29, 1.82) is 0 Å². The molecule has 0 aliphatic carbocycles. The first-order valence-corrected chi connectivity index (χ1v) is 7.55. The van der Waals surface area contributed by atoms with Crippen LogP contribution in [0.5, 0.6) is 5.75 Å². The Balaban J connectivity index is 2.08. The molecule has 0 saturated carbocycles. The number of hydrogen-bond acceptors (Lipinski definition) is 4. The third-order valence-electron chi connectivity index (χ3n) is 3.80. The Kier molecular flexibility index (Phi) is 5.38. The monoisotopic (exact) mass is 277 g/mol. The molecule has 4 nitrogen and oxygen atoms in total. The van der Waals surface area contributed by atoms with Crippen LogP contribution < -0.4 is 10.1 Å². The van der Waals surface area contributed by atoms with Crippen LogP contribution in [-0.4, -0.2) is 42.7 Å². The fourth-order valence-corrected chi connectivity index (χ4v) is 2.90. The first-order valence-electron chi connectivity index (χ1n) is 7.55. The maximum atomic E-state index is 5.35. The van der Waals surface area contributed by atoms with Gasteiger partial charge in [0.1, 0.15) is 5.75 Å². The molecule has 112 valence electrons. The normalized spacial score (nSPS) is 20.4. The van der Waals surface area contributed by atoms with E-state index in [-0.39, 0.29) is 0 Å². The number of aryl methyl sites for hydroxylation is 1. The maximum absolute atomic E-state index is 5.35. The van der Waals surface area contributed by atoms with Gasteiger partial charge in [-0.05, 0) is 19.3 Å². The predicted molar refractivity (Wildman–Crippen MR) is 82.0 cm³/mol. The van der Waals surface area contributed by atoms with E-state index in [4.69, 9.17) is 4.74 Å². The summed E-state index contributed by atoms with van der Waals surface area (Å²) in [4.78, 5) is 7.20. The molecule has 1 aromatic heterocycles. The quantitative estimate of drug-likeness (QED) is 0.895. The Morgan fingerprint density at radius 2 is 2.25 bits per heavy atom. The second-order valence-corrected chi connectivity index (χ2v) is 6.10. The molecule has 1 fully saturated rings. The summed E-state index contributed by atoms with van der Waals surface area (Å²) in [6.07, 6.45) is 1.23. The van der Waals surface area contributed by atoms with E-state index in [9.17, 15) is 0 Å². The molecule has 0 aromatic carbocycles. The van der Waals surface area contributed by atoms with E-state index in [1.807, 2.05) is 13.0 Å². The number of pyridine rings is 1. The van der Waals surface area contributed by atoms with Crippen LogP contribution in [0.2, 0.25) is 0 Å². The lowest BCUT2D eigenvalue weighted by atomic mass is 10.0. The summed E-state index contributed by atoms with van der Waals surface area (Å²) < 4.78 is 5.35. The summed E-state index contributed by atoms with van der Waals surface area (Å²) in [6.45, 7) is 10.8. The number of nitrogens with zero attached hydrogens (tertiary/aromatic N) is 2. The number of piperazine rings is 1. The molecule has 1 saturated heterocycles. The van der Waals surface area contributed by atoms with Crippen molar-refractivity contribution in [3.05, 3.63) is 23.5 Å². The summed E-state index contributed by atoms with van der Waals surface area (Å²) in [7, 11) is 1.71. The summed E-state index contributed by atoms with van der Waals surface area (Å²) in [5.41, 5.74) is 2.13. The fourth-order valence-electron chi connectivity index (χ4n) is 2.90. The van der Waals surface area contributed by atoms with E-state index in [1.165, 1.54) is 6.42 Å². The Bertz CT molecular complexity index is 434. The van der Waals surface area contributed by atoms with Crippen molar-refractivity contribution in [2.45, 2.75) is 39.8 Å². The van der Waals surface area contributed by atoms with Crippen molar-refractivity contribution in [3.8, 4) is 5.75 Å². The molecule has 0 spiro atoms. The minimum Gasteiger partial charge on any atom is -0.497 e. The molecular weight excluding hydrogens is 250 g/mol. The maximum Gasteiger partial charge on any atom is 0.122 e. The minimum atomic E-state index is 0.608. The van der Waals surface area contributed by atoms with Gasteiger partial charge in [-0.2, -0.15) is 0 Å². The molecule has 0 amide bonds. The Hall–Kier alpha value is -1.13. The number of ether oxygens (including phenoxy) is 1. The topological polar surface area (TPSA) is 37.4 Å². The van der Waals surface area contributed by atoms with Crippen molar-refractivity contribution >= 4 is 0 Å². The van der Waals surface area contributed by atoms with Gasteiger partial charge >= 0.3 is 0 Å². The molecule has 1 N–H and O–H groups in total. The first-order chi connectivity index (χ1) is 9.58. The average Bonchev–Trinajstić information content (AvgIpc) is 2.39. The molecule has 20 heavy (non-hydrogen) atoms. The van der Waals surface area contributed by atoms with Gasteiger partial charge in [-0.15, -0.1) is 0 Å². The third kappa shape index (κ3) is 4.18. The van der Waals surface area contributed by atoms with Crippen LogP contribution in [-0.2, 0) is 6.54 Å². The van der Waals surface area contributed by atoms with E-state index in [0.29, 0.717) is 6.04 Å². The molecule has 0 bridgehead atoms. The molecule has 1 aromatic rings. The van der Waals surface area contributed by atoms with Crippen molar-refractivity contribution in [2.75, 3.05) is 26.7 Å². The molecule has 4 heteroatoms. The molecular formula is C16H27N3O. The molecule has 1 atom stereocenters. The first kappa shape index (κ1) is 15.3. The highest BCUT2D eigenvalue weighted by Gasteiger charge is 2.23. The van der Waals surface area contributed by atoms with Crippen LogP contribution >= 0.6 is 0 Å². The number of nitrogens with one attached hydrogen (secondary N) is 1. The summed E-state index contributed by atoms with van der Waals surface area (Å²) in [6, 6.07) is 4.64. The lowest BCUT2D eigenvalue weighted by Crippen LogP contribution is -2.51. The van der Waals surface area contributed by atoms with Gasteiger partial charge in [-0.25, -0.2) is 0 Å². The van der Waals surface area contributed by atoms with Crippen LogP contribution in [0.4, 0.5) is 0 Å². The van der Waals surface area contributed by atoms with Crippen LogP contribution in [0.1, 0.15) is 31.7 Å². The highest BCUT2D eigenvalue weighted by molar-refractivity contribution is 5.26. The van der Waals surface area contributed by atoms with Gasteiger partial charge in [0.15, 0.2) is 0 Å². The lowest BCUT2D eigenvalue weighted by molar-refractivity contribution is 0.132. The van der Waals surface area contributed by atoms with Crippen LogP contribution in [0.25, 0.3) is 0 Å². The van der Waals surface area contributed by atoms with Crippen molar-refractivity contribution in [1.82, 2.24) is 15.2 Å². The van der Waals surface area contributed by atoms with E-state index in [1.54, 1.807) is 7.11 Å². The number of hydrogen-bond donors (Lipinski definition) is 1. The highest BCUT2D eigenvalue weighted by Crippen LogP contribution is 2.19. The van der Waals surface area contributed by atoms with E-state index >= 15 is 0 Å². The van der Waals surface area contributed by atoms with E-state index in [2.05, 4.69) is 35.1 Å². The summed E-state index contributed by atoms with van der Waals surface area (Å²) in [5.74, 6) is 1.63. The number of methoxy groups -OCH3 is 1. The van der Waals surface area contributed by atoms with Gasteiger partial charge in [0.05, 0.1) is 12.8 Å². The molecule has 2 heterocycles. The number of rotatable bonds is 5. The zero-order valence-electron chi connectivity index (χ0n) is 13.1. The van der Waals surface area contributed by atoms with Crippen LogP contribution in [0.15, 0.2) is 12.1 Å². The van der Waals surface area contributed by atoms with E-state index < -0.39 is 0 Å². The predicted octanol–water partition coefficient (Wildman–Crippen LogP) is 2.22. The zero-order valence-corrected chi connectivity index (χ0v) is 13.1. The second-order valence-electron chi connectivity index (χ2n) is 6.10. The Morgan fingerprint density at radius 1 is 1.45 bits per heavy atom. The standard InChI is InChI=1S/C16H27N3O/c1-12(2)7-15-10-17-5-6-19(15)11-14-9-16(20-4)8-13(3)18-14/h8-9,12,15,17H,5-7,10-11H2,1-4H3. The third-order valence-corrected chi connectivity index (χ3v) is 3.80. The molecule has 0 radical (unpaired) electrons. The second kappa shape index (κ2) is 7.04. The van der Waals surface area contributed by atoms with Crippen LogP contribution in [0, 0.1) is 12.8 Å². The van der Waals surface area contributed by atoms with Gasteiger partial charge < -0.3 is 10.1 Å². The lowest BCUT2D eigenvalue weighted by Gasteiger charge is -2.37. The Morgan fingerprint density at radius 3 is 2.95 bits per heavy atom. The summed E-state index contributed by atoms with van der Waals surface area (Å²) in [5, 5.41) is 3.50. The van der Waals surface area contributed by atoms with Gasteiger partial charge in [0.2, 0.25) is 0 Å². The number of aromatic nitrogens is 1. The molecule has 2 rings (SSSR count). The van der Waals surface area contributed by atoms with Crippen LogP contribution in [0.3, 0.4) is 0 Å². The van der Waals surface area contributed by atoms with Crippen molar-refractivity contribution in [2.24, 2.45) is 5.92 Å². The van der Waals surface area contributed by atoms with Gasteiger partial charge in [0.25, 0.3) is 0 Å². The Labute approximate surface area is 122 Å². The molecule has 1 aliphatic heterocycles.